The van der Waals surface area contributed by atoms with Crippen LogP contribution in [0.4, 0.5) is 18.9 Å². The Bertz CT molecular complexity index is 727. The van der Waals surface area contributed by atoms with Crippen molar-refractivity contribution >= 4 is 29.1 Å². The molecule has 1 heterocycles. The Morgan fingerprint density at radius 3 is 2.59 bits per heavy atom. The van der Waals surface area contributed by atoms with Crippen molar-refractivity contribution in [3.8, 4) is 5.75 Å². The predicted molar refractivity (Wildman–Crippen MR) is 94.7 cm³/mol. The highest BCUT2D eigenvalue weighted by Gasteiger charge is 2.47. The third kappa shape index (κ3) is 5.26. The molecule has 0 spiro atoms. The Morgan fingerprint density at radius 2 is 2.04 bits per heavy atom. The summed E-state index contributed by atoms with van der Waals surface area (Å²) in [5.74, 6) is -1.76. The molecule has 1 aliphatic rings. The number of alkyl halides is 3. The number of aryl methyl sites for hydroxylation is 1. The van der Waals surface area contributed by atoms with Gasteiger partial charge >= 0.3 is 6.18 Å². The molecule has 2 amide bonds. The third-order valence-corrected chi connectivity index (χ3v) is 4.97. The highest BCUT2D eigenvalue weighted by atomic mass is 35.5. The number of benzene rings is 1. The molecule has 2 atom stereocenters. The van der Waals surface area contributed by atoms with Crippen molar-refractivity contribution < 1.29 is 27.5 Å². The second kappa shape index (κ2) is 8.35. The maximum Gasteiger partial charge on any atom is 0.404 e. The van der Waals surface area contributed by atoms with E-state index in [4.69, 9.17) is 22.1 Å². The summed E-state index contributed by atoms with van der Waals surface area (Å²) >= 11 is 6.00. The van der Waals surface area contributed by atoms with Crippen molar-refractivity contribution in [3.63, 3.8) is 0 Å². The van der Waals surface area contributed by atoms with Crippen LogP contribution in [0.25, 0.3) is 0 Å². The fourth-order valence-electron chi connectivity index (χ4n) is 3.12. The molecule has 3 N–H and O–H groups in total. The number of amides is 2. The largest absolute Gasteiger partial charge is 0.495 e. The van der Waals surface area contributed by atoms with Gasteiger partial charge in [-0.2, -0.15) is 13.2 Å². The number of nitrogens with two attached hydrogens (primary N) is 1. The minimum atomic E-state index is -4.50. The number of nitrogens with one attached hydrogen (secondary N) is 1. The number of methoxy groups -OCH3 is 1. The van der Waals surface area contributed by atoms with E-state index in [1.54, 1.807) is 13.0 Å². The third-order valence-electron chi connectivity index (χ3n) is 4.57. The molecule has 0 saturated carbocycles. The average Bonchev–Trinajstić information content (AvgIpc) is 2.56. The first kappa shape index (κ1) is 21.3. The number of carbonyl (C=O) groups is 2. The Hall–Kier alpha value is -2.00. The minimum absolute atomic E-state index is 0.0435. The summed E-state index contributed by atoms with van der Waals surface area (Å²) < 4.78 is 45.0. The number of carbonyl (C=O) groups excluding carboxylic acids is 2. The molecule has 0 aromatic heterocycles. The lowest BCUT2D eigenvalue weighted by atomic mass is 9.92. The summed E-state index contributed by atoms with van der Waals surface area (Å²) in [6.45, 7) is 0.974. The number of ether oxygens (including phenoxy) is 1. The minimum Gasteiger partial charge on any atom is -0.495 e. The van der Waals surface area contributed by atoms with Crippen molar-refractivity contribution in [2.45, 2.75) is 32.0 Å². The fourth-order valence-corrected chi connectivity index (χ4v) is 3.28. The van der Waals surface area contributed by atoms with Crippen LogP contribution < -0.4 is 15.8 Å². The lowest BCUT2D eigenvalue weighted by Gasteiger charge is -2.39. The Balaban J connectivity index is 2.16. The average molecular weight is 408 g/mol. The van der Waals surface area contributed by atoms with Gasteiger partial charge in [-0.05, 0) is 31.4 Å². The van der Waals surface area contributed by atoms with Gasteiger partial charge in [-0.1, -0.05) is 11.6 Å². The van der Waals surface area contributed by atoms with E-state index in [1.807, 2.05) is 0 Å². The van der Waals surface area contributed by atoms with Gasteiger partial charge in [-0.15, -0.1) is 0 Å². The van der Waals surface area contributed by atoms with E-state index < -0.39 is 36.5 Å². The Kier molecular flexibility index (Phi) is 6.59. The molecule has 1 aromatic rings. The van der Waals surface area contributed by atoms with Crippen LogP contribution >= 0.6 is 11.6 Å². The van der Waals surface area contributed by atoms with Gasteiger partial charge in [0.2, 0.25) is 11.8 Å². The summed E-state index contributed by atoms with van der Waals surface area (Å²) in [6.07, 6.45) is -4.74. The molecular formula is C17H21ClF3N3O3. The van der Waals surface area contributed by atoms with Crippen LogP contribution in [0.5, 0.6) is 5.75 Å². The first-order valence-corrected chi connectivity index (χ1v) is 8.64. The SMILES string of the molecule is COc1cc(Cl)c(C)cc1NC(=O)CN1C[C@@H](C(N)=O)CC[C@H]1C(F)(F)F. The molecule has 1 fully saturated rings. The molecule has 0 aliphatic carbocycles. The van der Waals surface area contributed by atoms with Crippen molar-refractivity contribution in [1.29, 1.82) is 0 Å². The summed E-state index contributed by atoms with van der Waals surface area (Å²) in [6, 6.07) is 1.28. The lowest BCUT2D eigenvalue weighted by Crippen LogP contribution is -2.55. The predicted octanol–water partition coefficient (Wildman–Crippen LogP) is 2.72. The highest BCUT2D eigenvalue weighted by Crippen LogP contribution is 2.34. The maximum absolute atomic E-state index is 13.3. The standard InChI is InChI=1S/C17H21ClF3N3O3/c1-9-5-12(13(27-2)6-11(9)18)23-15(25)8-24-7-10(16(22)26)3-4-14(24)17(19,20)21/h5-6,10,14H,3-4,7-8H2,1-2H3,(H2,22,26)(H,23,25)/t10-,14-/m0/s1. The van der Waals surface area contributed by atoms with E-state index in [2.05, 4.69) is 5.32 Å². The van der Waals surface area contributed by atoms with E-state index in [1.165, 1.54) is 13.2 Å². The molecular weight excluding hydrogens is 387 g/mol. The molecule has 0 unspecified atom stereocenters. The van der Waals surface area contributed by atoms with Crippen molar-refractivity contribution in [3.05, 3.63) is 22.7 Å². The van der Waals surface area contributed by atoms with Crippen LogP contribution in [-0.4, -0.2) is 49.1 Å². The number of nitrogens with zero attached hydrogens (tertiary/aromatic N) is 1. The van der Waals surface area contributed by atoms with Gasteiger partial charge in [-0.3, -0.25) is 14.5 Å². The summed E-state index contributed by atoms with van der Waals surface area (Å²) in [5.41, 5.74) is 6.21. The van der Waals surface area contributed by atoms with Gasteiger partial charge in [0.1, 0.15) is 11.8 Å². The van der Waals surface area contributed by atoms with Gasteiger partial charge in [0.05, 0.1) is 25.3 Å². The molecule has 27 heavy (non-hydrogen) atoms. The molecule has 1 aliphatic heterocycles. The zero-order valence-electron chi connectivity index (χ0n) is 14.9. The number of halogens is 4. The van der Waals surface area contributed by atoms with E-state index in [9.17, 15) is 22.8 Å². The molecule has 1 aromatic carbocycles. The molecule has 6 nitrogen and oxygen atoms in total. The second-order valence-electron chi connectivity index (χ2n) is 6.51. The topological polar surface area (TPSA) is 84.7 Å². The van der Waals surface area contributed by atoms with Gasteiger partial charge in [0.25, 0.3) is 0 Å². The monoisotopic (exact) mass is 407 g/mol. The summed E-state index contributed by atoms with van der Waals surface area (Å²) in [4.78, 5) is 24.7. The first-order valence-electron chi connectivity index (χ1n) is 8.27. The van der Waals surface area contributed by atoms with Crippen molar-refractivity contribution in [1.82, 2.24) is 4.90 Å². The molecule has 2 rings (SSSR count). The van der Waals surface area contributed by atoms with E-state index in [0.717, 1.165) is 4.90 Å². The summed E-state index contributed by atoms with van der Waals surface area (Å²) in [7, 11) is 1.39. The number of primary amides is 1. The van der Waals surface area contributed by atoms with Crippen molar-refractivity contribution in [2.75, 3.05) is 25.5 Å². The number of rotatable bonds is 5. The number of anilines is 1. The van der Waals surface area contributed by atoms with Crippen LogP contribution in [-0.2, 0) is 9.59 Å². The van der Waals surface area contributed by atoms with Crippen LogP contribution in [0.3, 0.4) is 0 Å². The van der Waals surface area contributed by atoms with Crippen LogP contribution in [0, 0.1) is 12.8 Å². The van der Waals surface area contributed by atoms with Crippen LogP contribution in [0.15, 0.2) is 12.1 Å². The smallest absolute Gasteiger partial charge is 0.404 e. The lowest BCUT2D eigenvalue weighted by molar-refractivity contribution is -0.195. The van der Waals surface area contributed by atoms with Crippen molar-refractivity contribution in [2.24, 2.45) is 11.7 Å². The van der Waals surface area contributed by atoms with Crippen LogP contribution in [0.2, 0.25) is 5.02 Å². The number of piperidine rings is 1. The maximum atomic E-state index is 13.3. The molecule has 150 valence electrons. The van der Waals surface area contributed by atoms with E-state index in [-0.39, 0.29) is 19.4 Å². The van der Waals surface area contributed by atoms with Gasteiger partial charge < -0.3 is 15.8 Å². The zero-order chi connectivity index (χ0) is 20.4. The van der Waals surface area contributed by atoms with Gasteiger partial charge in [0, 0.05) is 17.6 Å². The fraction of sp³-hybridized carbons (Fsp3) is 0.529. The van der Waals surface area contributed by atoms with E-state index in [0.29, 0.717) is 22.0 Å². The Morgan fingerprint density at radius 1 is 1.37 bits per heavy atom. The second-order valence-corrected chi connectivity index (χ2v) is 6.92. The number of hydrogen-bond acceptors (Lipinski definition) is 4. The Labute approximate surface area is 159 Å². The molecule has 0 bridgehead atoms. The molecule has 1 saturated heterocycles. The summed E-state index contributed by atoms with van der Waals surface area (Å²) in [5, 5.41) is 2.98. The van der Waals surface area contributed by atoms with Gasteiger partial charge in [0.15, 0.2) is 0 Å². The zero-order valence-corrected chi connectivity index (χ0v) is 15.7. The normalized spacial score (nSPS) is 21.0. The number of likely N-dealkylation sites (tertiary alicyclic amines) is 1. The van der Waals surface area contributed by atoms with E-state index >= 15 is 0 Å². The van der Waals surface area contributed by atoms with Crippen LogP contribution in [0.1, 0.15) is 18.4 Å². The molecule has 10 heteroatoms. The highest BCUT2D eigenvalue weighted by molar-refractivity contribution is 6.31. The number of hydrogen-bond donors (Lipinski definition) is 2. The van der Waals surface area contributed by atoms with Gasteiger partial charge in [-0.25, -0.2) is 0 Å². The quantitative estimate of drug-likeness (QED) is 0.786. The first-order chi connectivity index (χ1) is 12.5. The molecule has 0 radical (unpaired) electrons.